The second-order valence-electron chi connectivity index (χ2n) is 5.92. The average Bonchev–Trinajstić information content (AvgIpc) is 2.95. The van der Waals surface area contributed by atoms with E-state index >= 15 is 0 Å². The zero-order chi connectivity index (χ0) is 18.0. The van der Waals surface area contributed by atoms with Crippen LogP contribution in [0.15, 0.2) is 59.6 Å². The molecule has 3 aromatic rings. The first-order chi connectivity index (χ1) is 11.9. The van der Waals surface area contributed by atoms with Gasteiger partial charge in [-0.3, -0.25) is 0 Å². The van der Waals surface area contributed by atoms with Crippen LogP contribution in [0.25, 0.3) is 10.9 Å². The van der Waals surface area contributed by atoms with Gasteiger partial charge in [-0.05, 0) is 50.5 Å². The third-order valence-electron chi connectivity index (χ3n) is 3.81. The largest absolute Gasteiger partial charge is 0.490 e. The molecule has 0 N–H and O–H groups in total. The van der Waals surface area contributed by atoms with Gasteiger partial charge in [-0.1, -0.05) is 12.1 Å². The summed E-state index contributed by atoms with van der Waals surface area (Å²) in [6.45, 7) is 1.15. The molecule has 5 nitrogen and oxygen atoms in total. The fourth-order valence-electron chi connectivity index (χ4n) is 2.49. The van der Waals surface area contributed by atoms with E-state index in [1.54, 1.807) is 12.1 Å². The number of fused-ring (bicyclic) bond motifs is 1. The summed E-state index contributed by atoms with van der Waals surface area (Å²) in [7, 11) is 0.0290. The molecule has 1 aromatic heterocycles. The third kappa shape index (κ3) is 3.52. The smallest absolute Gasteiger partial charge is 0.268 e. The first-order valence-electron chi connectivity index (χ1n) is 7.78. The number of nitrogens with zero attached hydrogens (tertiary/aromatic N) is 2. The predicted octanol–water partition coefficient (Wildman–Crippen LogP) is 2.96. The molecule has 0 saturated heterocycles. The minimum Gasteiger partial charge on any atom is -0.490 e. The number of para-hydroxylation sites is 1. The third-order valence-corrected chi connectivity index (χ3v) is 5.50. The molecule has 7 heteroatoms. The lowest BCUT2D eigenvalue weighted by Gasteiger charge is -2.10. The molecule has 0 saturated carbocycles. The molecule has 0 amide bonds. The van der Waals surface area contributed by atoms with Crippen molar-refractivity contribution in [2.45, 2.75) is 4.90 Å². The number of ether oxygens (including phenoxy) is 1. The minimum atomic E-state index is -3.84. The van der Waals surface area contributed by atoms with Crippen molar-refractivity contribution in [3.05, 3.63) is 60.5 Å². The Kier molecular flexibility index (Phi) is 4.78. The van der Waals surface area contributed by atoms with Crippen LogP contribution in [0.4, 0.5) is 4.39 Å². The van der Waals surface area contributed by atoms with E-state index in [-0.39, 0.29) is 4.90 Å². The van der Waals surface area contributed by atoms with E-state index in [1.807, 2.05) is 31.1 Å². The zero-order valence-electron chi connectivity index (χ0n) is 14.0. The molecule has 0 radical (unpaired) electrons. The number of halogens is 1. The van der Waals surface area contributed by atoms with E-state index in [0.717, 1.165) is 12.1 Å². The molecule has 0 aliphatic carbocycles. The fourth-order valence-corrected chi connectivity index (χ4v) is 3.85. The summed E-state index contributed by atoms with van der Waals surface area (Å²) >= 11 is 0. The van der Waals surface area contributed by atoms with Crippen LogP contribution in [0.2, 0.25) is 0 Å². The van der Waals surface area contributed by atoms with Gasteiger partial charge >= 0.3 is 0 Å². The molecular weight excluding hydrogens is 343 g/mol. The normalized spacial score (nSPS) is 12.0. The predicted molar refractivity (Wildman–Crippen MR) is 95.0 cm³/mol. The van der Waals surface area contributed by atoms with Gasteiger partial charge in [0.15, 0.2) is 0 Å². The Bertz CT molecular complexity index is 979. The van der Waals surface area contributed by atoms with Gasteiger partial charge in [-0.25, -0.2) is 16.8 Å². The summed E-state index contributed by atoms with van der Waals surface area (Å²) in [5.74, 6) is 0.0205. The minimum absolute atomic E-state index is 0.0227. The van der Waals surface area contributed by atoms with E-state index in [2.05, 4.69) is 0 Å². The Morgan fingerprint density at radius 2 is 1.76 bits per heavy atom. The number of likely N-dealkylation sites (N-methyl/N-ethyl adjacent to an activating group) is 1. The van der Waals surface area contributed by atoms with Crippen molar-refractivity contribution < 1.29 is 17.5 Å². The Hall–Kier alpha value is -2.38. The molecule has 1 heterocycles. The van der Waals surface area contributed by atoms with Gasteiger partial charge in [0.2, 0.25) is 0 Å². The van der Waals surface area contributed by atoms with Gasteiger partial charge in [0, 0.05) is 11.9 Å². The number of hydrogen-bond acceptors (Lipinski definition) is 4. The topological polar surface area (TPSA) is 51.5 Å². The molecule has 0 unspecified atom stereocenters. The summed E-state index contributed by atoms with van der Waals surface area (Å²) in [4.78, 5) is 2.00. The summed E-state index contributed by atoms with van der Waals surface area (Å²) in [5.41, 5.74) is 0.520. The molecule has 0 spiro atoms. The van der Waals surface area contributed by atoms with E-state index in [9.17, 15) is 12.8 Å². The van der Waals surface area contributed by atoms with Crippen molar-refractivity contribution >= 4 is 20.9 Å². The summed E-state index contributed by atoms with van der Waals surface area (Å²) in [5, 5.41) is 0.715. The Morgan fingerprint density at radius 3 is 2.44 bits per heavy atom. The maximum Gasteiger partial charge on any atom is 0.268 e. The second-order valence-corrected chi connectivity index (χ2v) is 7.73. The standard InChI is InChI=1S/C18H19FN2O3S/c1-20(2)11-12-24-18-13-21(17-6-4-3-5-16(17)18)25(22,23)15-9-7-14(19)8-10-15/h3-10,13H,11-12H2,1-2H3. The van der Waals surface area contributed by atoms with E-state index in [1.165, 1.54) is 22.3 Å². The fraction of sp³-hybridized carbons (Fsp3) is 0.222. The van der Waals surface area contributed by atoms with E-state index in [0.29, 0.717) is 29.8 Å². The zero-order valence-corrected chi connectivity index (χ0v) is 14.8. The molecule has 0 aliphatic heterocycles. The van der Waals surface area contributed by atoms with Gasteiger partial charge < -0.3 is 9.64 Å². The van der Waals surface area contributed by atoms with Crippen LogP contribution < -0.4 is 4.74 Å². The highest BCUT2D eigenvalue weighted by Crippen LogP contribution is 2.31. The molecule has 2 aromatic carbocycles. The van der Waals surface area contributed by atoms with Gasteiger partial charge in [-0.15, -0.1) is 0 Å². The highest BCUT2D eigenvalue weighted by Gasteiger charge is 2.21. The number of rotatable bonds is 6. The lowest BCUT2D eigenvalue weighted by atomic mass is 10.2. The first-order valence-corrected chi connectivity index (χ1v) is 9.22. The van der Waals surface area contributed by atoms with Crippen LogP contribution in [0, 0.1) is 5.82 Å². The Morgan fingerprint density at radius 1 is 1.08 bits per heavy atom. The maximum atomic E-state index is 13.1. The maximum absolute atomic E-state index is 13.1. The van der Waals surface area contributed by atoms with Crippen molar-refractivity contribution in [3.8, 4) is 5.75 Å². The second kappa shape index (κ2) is 6.85. The van der Waals surface area contributed by atoms with Crippen LogP contribution in [-0.2, 0) is 10.0 Å². The average molecular weight is 362 g/mol. The molecule has 0 aliphatic rings. The van der Waals surface area contributed by atoms with E-state index < -0.39 is 15.8 Å². The Balaban J connectivity index is 2.05. The molecule has 25 heavy (non-hydrogen) atoms. The van der Waals surface area contributed by atoms with Gasteiger partial charge in [-0.2, -0.15) is 0 Å². The quantitative estimate of drug-likeness (QED) is 0.677. The summed E-state index contributed by atoms with van der Waals surface area (Å²) in [6.07, 6.45) is 1.47. The molecule has 132 valence electrons. The van der Waals surface area contributed by atoms with Crippen molar-refractivity contribution in [2.24, 2.45) is 0 Å². The molecule has 0 atom stereocenters. The first kappa shape index (κ1) is 17.4. The number of aromatic nitrogens is 1. The molecule has 3 rings (SSSR count). The van der Waals surface area contributed by atoms with Gasteiger partial charge in [0.05, 0.1) is 16.6 Å². The van der Waals surface area contributed by atoms with Crippen molar-refractivity contribution in [2.75, 3.05) is 27.2 Å². The molecule has 0 bridgehead atoms. The number of hydrogen-bond donors (Lipinski definition) is 0. The Labute approximate surface area is 146 Å². The summed E-state index contributed by atoms with van der Waals surface area (Å²) < 4.78 is 45.9. The highest BCUT2D eigenvalue weighted by atomic mass is 32.2. The van der Waals surface area contributed by atoms with Crippen molar-refractivity contribution in [1.82, 2.24) is 8.87 Å². The summed E-state index contributed by atoms with van der Waals surface area (Å²) in [6, 6.07) is 11.9. The van der Waals surface area contributed by atoms with Crippen LogP contribution in [-0.4, -0.2) is 44.5 Å². The van der Waals surface area contributed by atoms with Gasteiger partial charge in [0.25, 0.3) is 10.0 Å². The van der Waals surface area contributed by atoms with E-state index in [4.69, 9.17) is 4.74 Å². The lowest BCUT2D eigenvalue weighted by molar-refractivity contribution is 0.263. The van der Waals surface area contributed by atoms with Crippen LogP contribution in [0.1, 0.15) is 0 Å². The van der Waals surface area contributed by atoms with Crippen LogP contribution in [0.5, 0.6) is 5.75 Å². The number of benzene rings is 2. The van der Waals surface area contributed by atoms with Gasteiger partial charge in [0.1, 0.15) is 18.2 Å². The SMILES string of the molecule is CN(C)CCOc1cn(S(=O)(=O)c2ccc(F)cc2)c2ccccc12. The highest BCUT2D eigenvalue weighted by molar-refractivity contribution is 7.90. The van der Waals surface area contributed by atoms with Crippen molar-refractivity contribution in [1.29, 1.82) is 0 Å². The van der Waals surface area contributed by atoms with Crippen LogP contribution in [0.3, 0.4) is 0 Å². The van der Waals surface area contributed by atoms with Crippen LogP contribution >= 0.6 is 0 Å². The monoisotopic (exact) mass is 362 g/mol. The van der Waals surface area contributed by atoms with Crippen molar-refractivity contribution in [3.63, 3.8) is 0 Å². The lowest BCUT2D eigenvalue weighted by Crippen LogP contribution is -2.19. The molecular formula is C18H19FN2O3S. The molecule has 0 fully saturated rings.